The molecule has 0 N–H and O–H groups in total. The van der Waals surface area contributed by atoms with Crippen LogP contribution in [0.4, 0.5) is 13.2 Å². The second kappa shape index (κ2) is 6.48. The Morgan fingerprint density at radius 1 is 1.25 bits per heavy atom. The minimum Gasteiger partial charge on any atom is -0.463 e. The van der Waals surface area contributed by atoms with Gasteiger partial charge in [-0.1, -0.05) is 40.5 Å². The Morgan fingerprint density at radius 3 is 1.94 bits per heavy atom. The van der Waals surface area contributed by atoms with E-state index in [9.17, 15) is 13.2 Å². The molecule has 0 heterocycles. The van der Waals surface area contributed by atoms with Crippen LogP contribution >= 0.6 is 0 Å². The molecular formula is C10H18F3N2Ni-. The average Bonchev–Trinajstić information content (AvgIpc) is 1.98. The molecule has 0 amide bonds. The molecule has 0 bridgehead atoms. The third-order valence-corrected chi connectivity index (χ3v) is 1.60. The van der Waals surface area contributed by atoms with Crippen LogP contribution in [0.1, 0.15) is 41.0 Å². The fourth-order valence-corrected chi connectivity index (χ4v) is 0.883. The monoisotopic (exact) mass is 281 g/mol. The van der Waals surface area contributed by atoms with E-state index in [2.05, 4.69) is 10.3 Å². The zero-order valence-corrected chi connectivity index (χ0v) is 11.1. The van der Waals surface area contributed by atoms with Crippen molar-refractivity contribution in [3.8, 4) is 0 Å². The normalized spacial score (nSPS) is 15.4. The van der Waals surface area contributed by atoms with Gasteiger partial charge in [0.05, 0.1) is 6.04 Å². The summed E-state index contributed by atoms with van der Waals surface area (Å²) in [5.41, 5.74) is -0.389. The molecule has 0 aromatic carbocycles. The molecule has 0 aliphatic rings. The maximum absolute atomic E-state index is 12.2. The number of aliphatic imine (C=N–C) groups is 1. The Balaban J connectivity index is 0. The first-order chi connectivity index (χ1) is 6.56. The van der Waals surface area contributed by atoms with Gasteiger partial charge in [0.1, 0.15) is 0 Å². The van der Waals surface area contributed by atoms with Gasteiger partial charge < -0.3 is 10.3 Å². The largest absolute Gasteiger partial charge is 0.463 e. The van der Waals surface area contributed by atoms with Gasteiger partial charge in [-0.3, -0.25) is 0 Å². The Bertz CT molecular complexity index is 231. The van der Waals surface area contributed by atoms with Crippen molar-refractivity contribution in [3.05, 3.63) is 5.32 Å². The number of halogens is 3. The molecule has 0 fully saturated rings. The van der Waals surface area contributed by atoms with Crippen LogP contribution in [0, 0.1) is 0 Å². The van der Waals surface area contributed by atoms with Crippen LogP contribution in [0.2, 0.25) is 0 Å². The fourth-order valence-electron chi connectivity index (χ4n) is 0.883. The van der Waals surface area contributed by atoms with E-state index in [1.165, 1.54) is 0 Å². The van der Waals surface area contributed by atoms with E-state index in [4.69, 9.17) is 0 Å². The number of rotatable bonds is 2. The molecule has 16 heavy (non-hydrogen) atoms. The zero-order chi connectivity index (χ0) is 12.3. The van der Waals surface area contributed by atoms with E-state index in [1.54, 1.807) is 6.92 Å². The molecule has 1 atom stereocenters. The van der Waals surface area contributed by atoms with Crippen molar-refractivity contribution in [2.45, 2.75) is 58.8 Å². The third-order valence-electron chi connectivity index (χ3n) is 1.60. The van der Waals surface area contributed by atoms with Crippen LogP contribution in [0.3, 0.4) is 0 Å². The molecular weight excluding hydrogens is 264 g/mol. The molecule has 6 heteroatoms. The van der Waals surface area contributed by atoms with Gasteiger partial charge >= 0.3 is 6.18 Å². The Hall–Kier alpha value is -0.246. The Labute approximate surface area is 105 Å². The van der Waals surface area contributed by atoms with Crippen molar-refractivity contribution in [2.75, 3.05) is 0 Å². The van der Waals surface area contributed by atoms with E-state index in [0.717, 1.165) is 6.92 Å². The van der Waals surface area contributed by atoms with Crippen molar-refractivity contribution >= 4 is 5.84 Å². The van der Waals surface area contributed by atoms with Crippen molar-refractivity contribution in [3.63, 3.8) is 0 Å². The van der Waals surface area contributed by atoms with E-state index in [1.807, 2.05) is 20.8 Å². The first kappa shape index (κ1) is 18.1. The molecule has 0 radical (unpaired) electrons. The first-order valence-corrected chi connectivity index (χ1v) is 4.92. The molecule has 0 aliphatic heterocycles. The van der Waals surface area contributed by atoms with Gasteiger partial charge in [0.25, 0.3) is 0 Å². The third kappa shape index (κ3) is 7.97. The second-order valence-corrected chi connectivity index (χ2v) is 4.40. The topological polar surface area (TPSA) is 26.5 Å². The van der Waals surface area contributed by atoms with Gasteiger partial charge in [0, 0.05) is 16.5 Å². The predicted octanol–water partition coefficient (Wildman–Crippen LogP) is 3.92. The second-order valence-electron chi connectivity index (χ2n) is 4.40. The Morgan fingerprint density at radius 2 is 1.69 bits per heavy atom. The molecule has 0 aliphatic carbocycles. The van der Waals surface area contributed by atoms with Crippen LogP contribution < -0.4 is 0 Å². The van der Waals surface area contributed by atoms with E-state index < -0.39 is 12.2 Å². The summed E-state index contributed by atoms with van der Waals surface area (Å²) in [5.74, 6) is 0.271. The Kier molecular flexibility index (Phi) is 7.34. The van der Waals surface area contributed by atoms with Gasteiger partial charge in [-0.05, 0) is 12.0 Å². The van der Waals surface area contributed by atoms with E-state index >= 15 is 0 Å². The van der Waals surface area contributed by atoms with Crippen molar-refractivity contribution < 1.29 is 29.7 Å². The summed E-state index contributed by atoms with van der Waals surface area (Å²) in [6.45, 7) is 8.27. The smallest absolute Gasteiger partial charge is 0.390 e. The van der Waals surface area contributed by atoms with Crippen molar-refractivity contribution in [1.29, 1.82) is 0 Å². The summed E-state index contributed by atoms with van der Waals surface area (Å²) in [6.07, 6.45) is -3.87. The molecule has 0 rings (SSSR count). The molecule has 100 valence electrons. The van der Waals surface area contributed by atoms with Gasteiger partial charge in [-0.15, -0.1) is 0 Å². The van der Waals surface area contributed by atoms with Gasteiger partial charge in [-0.25, -0.2) is 0 Å². The minimum absolute atomic E-state index is 0. The number of hydrogen-bond donors (Lipinski definition) is 0. The fraction of sp³-hybridized carbons (Fsp3) is 0.900. The maximum Gasteiger partial charge on any atom is 0.390 e. The SMILES string of the molecule is CCC(=NC(C)(C)C)[N-]C(C)C(F)(F)F.[Ni]. The molecule has 1 unspecified atom stereocenters. The molecule has 0 saturated carbocycles. The quantitative estimate of drug-likeness (QED) is 0.417. The number of hydrogen-bond acceptors (Lipinski definition) is 1. The van der Waals surface area contributed by atoms with Gasteiger partial charge in [-0.2, -0.15) is 13.2 Å². The summed E-state index contributed by atoms with van der Waals surface area (Å²) in [5, 5.41) is 3.58. The summed E-state index contributed by atoms with van der Waals surface area (Å²) in [7, 11) is 0. The summed E-state index contributed by atoms with van der Waals surface area (Å²) >= 11 is 0. The average molecular weight is 282 g/mol. The minimum atomic E-state index is -4.28. The molecule has 2 nitrogen and oxygen atoms in total. The molecule has 0 aromatic rings. The standard InChI is InChI=1S/C10H18F3N2.Ni/c1-6-8(15-9(3,4)5)14-7(2)10(11,12)13;/h7H,6H2,1-5H3;/q-1;. The molecule has 0 spiro atoms. The molecule has 0 aromatic heterocycles. The summed E-state index contributed by atoms with van der Waals surface area (Å²) in [6, 6.07) is -1.68. The number of nitrogens with zero attached hydrogens (tertiary/aromatic N) is 2. The van der Waals surface area contributed by atoms with E-state index in [0.29, 0.717) is 6.42 Å². The van der Waals surface area contributed by atoms with Crippen molar-refractivity contribution in [2.24, 2.45) is 4.99 Å². The van der Waals surface area contributed by atoms with Crippen LogP contribution in [-0.4, -0.2) is 23.6 Å². The van der Waals surface area contributed by atoms with Crippen LogP contribution in [0.25, 0.3) is 5.32 Å². The summed E-state index contributed by atoms with van der Waals surface area (Å²) in [4.78, 5) is 4.13. The molecule has 0 saturated heterocycles. The van der Waals surface area contributed by atoms with Crippen LogP contribution in [0.15, 0.2) is 4.99 Å². The van der Waals surface area contributed by atoms with Gasteiger partial charge in [0.15, 0.2) is 0 Å². The first-order valence-electron chi connectivity index (χ1n) is 4.92. The maximum atomic E-state index is 12.2. The summed E-state index contributed by atoms with van der Waals surface area (Å²) < 4.78 is 36.7. The predicted molar refractivity (Wildman–Crippen MR) is 56.4 cm³/mol. The number of alkyl halides is 3. The number of amidine groups is 1. The van der Waals surface area contributed by atoms with E-state index in [-0.39, 0.29) is 27.9 Å². The van der Waals surface area contributed by atoms with Crippen LogP contribution in [0.5, 0.6) is 0 Å². The van der Waals surface area contributed by atoms with Crippen molar-refractivity contribution in [1.82, 2.24) is 0 Å². The van der Waals surface area contributed by atoms with Gasteiger partial charge in [0.2, 0.25) is 0 Å². The van der Waals surface area contributed by atoms with Crippen LogP contribution in [-0.2, 0) is 16.5 Å². The zero-order valence-electron chi connectivity index (χ0n) is 10.1.